The van der Waals surface area contributed by atoms with Crippen molar-refractivity contribution in [2.45, 2.75) is 46.6 Å². The number of amides is 1. The highest BCUT2D eigenvalue weighted by Crippen LogP contribution is 2.16. The van der Waals surface area contributed by atoms with Crippen molar-refractivity contribution in [3.63, 3.8) is 0 Å². The molecule has 0 bridgehead atoms. The van der Waals surface area contributed by atoms with Crippen LogP contribution in [-0.4, -0.2) is 48.4 Å². The zero-order valence-electron chi connectivity index (χ0n) is 15.6. The van der Waals surface area contributed by atoms with Gasteiger partial charge in [0.05, 0.1) is 12.2 Å². The number of nitrogens with one attached hydrogen (secondary N) is 2. The molecule has 8 heteroatoms. The summed E-state index contributed by atoms with van der Waals surface area (Å²) in [6, 6.07) is 0. The monoisotopic (exact) mass is 479 g/mol. The number of carbonyl (C=O) groups excluding carboxylic acids is 1. The van der Waals surface area contributed by atoms with Crippen molar-refractivity contribution in [3.05, 3.63) is 15.6 Å². The fourth-order valence-corrected chi connectivity index (χ4v) is 3.73. The Kier molecular flexibility index (Phi) is 9.70. The van der Waals surface area contributed by atoms with Crippen LogP contribution >= 0.6 is 35.3 Å². The Hall–Kier alpha value is -0.900. The van der Waals surface area contributed by atoms with Gasteiger partial charge in [0, 0.05) is 38.0 Å². The van der Waals surface area contributed by atoms with Gasteiger partial charge in [0.1, 0.15) is 5.01 Å². The third kappa shape index (κ3) is 7.08. The van der Waals surface area contributed by atoms with Gasteiger partial charge in [-0.2, -0.15) is 0 Å². The number of halogens is 1. The lowest BCUT2D eigenvalue weighted by molar-refractivity contribution is -0.132. The molecule has 1 aliphatic heterocycles. The number of hydrogen-bond acceptors (Lipinski definition) is 4. The molecule has 1 saturated heterocycles. The van der Waals surface area contributed by atoms with Gasteiger partial charge in [-0.3, -0.25) is 9.79 Å². The minimum atomic E-state index is 0. The Bertz CT molecular complexity index is 570. The molecule has 0 aromatic carbocycles. The minimum absolute atomic E-state index is 0. The molecular formula is C17H30IN5OS. The van der Waals surface area contributed by atoms with Gasteiger partial charge in [0.25, 0.3) is 0 Å². The fourth-order valence-electron chi connectivity index (χ4n) is 2.86. The van der Waals surface area contributed by atoms with Crippen molar-refractivity contribution in [1.29, 1.82) is 0 Å². The van der Waals surface area contributed by atoms with Gasteiger partial charge in [0.2, 0.25) is 5.91 Å². The number of hydrogen-bond donors (Lipinski definition) is 2. The van der Waals surface area contributed by atoms with E-state index in [9.17, 15) is 4.79 Å². The standard InChI is InChI=1S/C17H29N5OS.HI/c1-12-6-5-9-22(11-12)16(23)7-8-19-17(18-4)20-10-15-21-13(2)14(3)24-15;/h12H,5-11H2,1-4H3,(H2,18,19,20);1H. The molecule has 0 aliphatic carbocycles. The van der Waals surface area contributed by atoms with Crippen LogP contribution in [-0.2, 0) is 11.3 Å². The molecule has 1 aliphatic rings. The summed E-state index contributed by atoms with van der Waals surface area (Å²) in [4.78, 5) is 24.2. The quantitative estimate of drug-likeness (QED) is 0.387. The minimum Gasteiger partial charge on any atom is -0.356 e. The van der Waals surface area contributed by atoms with Crippen LogP contribution in [0.5, 0.6) is 0 Å². The molecule has 0 saturated carbocycles. The van der Waals surface area contributed by atoms with Crippen molar-refractivity contribution in [2.24, 2.45) is 10.9 Å². The number of piperidine rings is 1. The average molecular weight is 479 g/mol. The second-order valence-corrected chi connectivity index (χ2v) is 7.73. The average Bonchev–Trinajstić information content (AvgIpc) is 2.88. The fraction of sp³-hybridized carbons (Fsp3) is 0.706. The number of aliphatic imine (C=N–C) groups is 1. The maximum atomic E-state index is 12.3. The van der Waals surface area contributed by atoms with Crippen LogP contribution in [0.15, 0.2) is 4.99 Å². The Morgan fingerprint density at radius 2 is 2.16 bits per heavy atom. The van der Waals surface area contributed by atoms with Gasteiger partial charge in [-0.1, -0.05) is 6.92 Å². The molecule has 0 radical (unpaired) electrons. The third-order valence-corrected chi connectivity index (χ3v) is 5.42. The topological polar surface area (TPSA) is 69.6 Å². The number of likely N-dealkylation sites (tertiary alicyclic amines) is 1. The van der Waals surface area contributed by atoms with Crippen LogP contribution in [0.1, 0.15) is 41.8 Å². The van der Waals surface area contributed by atoms with Crippen LogP contribution < -0.4 is 10.6 Å². The van der Waals surface area contributed by atoms with Crippen LogP contribution in [0.25, 0.3) is 0 Å². The molecule has 1 aromatic rings. The lowest BCUT2D eigenvalue weighted by Crippen LogP contribution is -2.42. The first-order valence-corrected chi connectivity index (χ1v) is 9.46. The summed E-state index contributed by atoms with van der Waals surface area (Å²) < 4.78 is 0. The van der Waals surface area contributed by atoms with Crippen LogP contribution in [0.4, 0.5) is 0 Å². The molecule has 6 nitrogen and oxygen atoms in total. The van der Waals surface area contributed by atoms with E-state index in [4.69, 9.17) is 0 Å². The van der Waals surface area contributed by atoms with Crippen LogP contribution in [0.2, 0.25) is 0 Å². The maximum absolute atomic E-state index is 12.3. The number of aromatic nitrogens is 1. The largest absolute Gasteiger partial charge is 0.356 e. The Labute approximate surface area is 171 Å². The van der Waals surface area contributed by atoms with E-state index < -0.39 is 0 Å². The highest BCUT2D eigenvalue weighted by atomic mass is 127. The molecule has 25 heavy (non-hydrogen) atoms. The first-order valence-electron chi connectivity index (χ1n) is 8.64. The second-order valence-electron chi connectivity index (χ2n) is 6.44. The third-order valence-electron chi connectivity index (χ3n) is 4.34. The molecule has 1 amide bonds. The summed E-state index contributed by atoms with van der Waals surface area (Å²) in [5.74, 6) is 1.56. The highest BCUT2D eigenvalue weighted by Gasteiger charge is 2.20. The highest BCUT2D eigenvalue weighted by molar-refractivity contribution is 14.0. The SMILES string of the molecule is CN=C(NCCC(=O)N1CCCC(C)C1)NCc1nc(C)c(C)s1.I. The molecule has 142 valence electrons. The first-order chi connectivity index (χ1) is 11.5. The van der Waals surface area contributed by atoms with Gasteiger partial charge in [-0.15, -0.1) is 35.3 Å². The van der Waals surface area contributed by atoms with E-state index in [1.165, 1.54) is 11.3 Å². The Morgan fingerprint density at radius 1 is 1.40 bits per heavy atom. The maximum Gasteiger partial charge on any atom is 0.224 e. The van der Waals surface area contributed by atoms with Gasteiger partial charge in [-0.25, -0.2) is 4.98 Å². The van der Waals surface area contributed by atoms with Gasteiger partial charge >= 0.3 is 0 Å². The number of nitrogens with zero attached hydrogens (tertiary/aromatic N) is 3. The predicted molar refractivity (Wildman–Crippen MR) is 115 cm³/mol. The zero-order valence-corrected chi connectivity index (χ0v) is 18.7. The van der Waals surface area contributed by atoms with Crippen molar-refractivity contribution >= 4 is 47.2 Å². The van der Waals surface area contributed by atoms with E-state index in [-0.39, 0.29) is 29.9 Å². The number of aryl methyl sites for hydroxylation is 2. The predicted octanol–water partition coefficient (Wildman–Crippen LogP) is 2.69. The molecule has 1 aromatic heterocycles. The van der Waals surface area contributed by atoms with E-state index in [1.54, 1.807) is 18.4 Å². The summed E-state index contributed by atoms with van der Waals surface area (Å²) >= 11 is 1.70. The molecular weight excluding hydrogens is 449 g/mol. The number of thiazole rings is 1. The molecule has 0 spiro atoms. The molecule has 2 N–H and O–H groups in total. The molecule has 1 atom stereocenters. The lowest BCUT2D eigenvalue weighted by atomic mass is 10.00. The Morgan fingerprint density at radius 3 is 2.76 bits per heavy atom. The molecule has 1 fully saturated rings. The normalized spacial score (nSPS) is 17.8. The molecule has 2 rings (SSSR count). The molecule has 1 unspecified atom stereocenters. The van der Waals surface area contributed by atoms with Gasteiger partial charge in [-0.05, 0) is 32.6 Å². The van der Waals surface area contributed by atoms with Crippen molar-refractivity contribution < 1.29 is 4.79 Å². The van der Waals surface area contributed by atoms with Crippen molar-refractivity contribution in [2.75, 3.05) is 26.7 Å². The second kappa shape index (κ2) is 10.9. The smallest absolute Gasteiger partial charge is 0.224 e. The van der Waals surface area contributed by atoms with Crippen LogP contribution in [0.3, 0.4) is 0 Å². The molecule has 2 heterocycles. The number of carbonyl (C=O) groups is 1. The Balaban J connectivity index is 0.00000312. The van der Waals surface area contributed by atoms with E-state index in [2.05, 4.69) is 34.5 Å². The summed E-state index contributed by atoms with van der Waals surface area (Å²) in [6.07, 6.45) is 2.85. The van der Waals surface area contributed by atoms with E-state index >= 15 is 0 Å². The lowest BCUT2D eigenvalue weighted by Gasteiger charge is -2.31. The number of guanidine groups is 1. The summed E-state index contributed by atoms with van der Waals surface area (Å²) in [5.41, 5.74) is 1.08. The van der Waals surface area contributed by atoms with E-state index in [0.717, 1.165) is 30.2 Å². The van der Waals surface area contributed by atoms with E-state index in [1.807, 2.05) is 11.8 Å². The first kappa shape index (κ1) is 22.1. The van der Waals surface area contributed by atoms with Crippen molar-refractivity contribution in [1.82, 2.24) is 20.5 Å². The van der Waals surface area contributed by atoms with Gasteiger partial charge < -0.3 is 15.5 Å². The van der Waals surface area contributed by atoms with Crippen molar-refractivity contribution in [3.8, 4) is 0 Å². The van der Waals surface area contributed by atoms with Gasteiger partial charge in [0.15, 0.2) is 5.96 Å². The van der Waals surface area contributed by atoms with Crippen LogP contribution in [0, 0.1) is 19.8 Å². The summed E-state index contributed by atoms with van der Waals surface area (Å²) in [6.45, 7) is 9.36. The summed E-state index contributed by atoms with van der Waals surface area (Å²) in [5, 5.41) is 7.51. The van der Waals surface area contributed by atoms with E-state index in [0.29, 0.717) is 31.4 Å². The number of rotatable bonds is 5. The summed E-state index contributed by atoms with van der Waals surface area (Å²) in [7, 11) is 1.74. The zero-order chi connectivity index (χ0) is 17.5.